The van der Waals surface area contributed by atoms with E-state index in [0.29, 0.717) is 6.42 Å². The lowest BCUT2D eigenvalue weighted by atomic mass is 9.68. The number of hydrogen-bond donors (Lipinski definition) is 0. The van der Waals surface area contributed by atoms with Crippen LogP contribution >= 0.6 is 0 Å². The van der Waals surface area contributed by atoms with E-state index >= 15 is 0 Å². The molecule has 1 fully saturated rings. The third-order valence-corrected chi connectivity index (χ3v) is 3.24. The summed E-state index contributed by atoms with van der Waals surface area (Å²) in [6.07, 6.45) is -2.92. The Labute approximate surface area is 78.9 Å². The monoisotopic (exact) mass is 195 g/mol. The van der Waals surface area contributed by atoms with E-state index in [2.05, 4.69) is 0 Å². The minimum atomic E-state index is -4.23. The summed E-state index contributed by atoms with van der Waals surface area (Å²) in [7, 11) is 0. The minimum Gasteiger partial charge on any atom is -0.171 e. The second-order valence-electron chi connectivity index (χ2n) is 4.22. The molecule has 0 N–H and O–H groups in total. The Hall–Kier alpha value is -0.210. The molecule has 3 heteroatoms. The molecule has 1 rings (SSSR count). The largest absolute Gasteiger partial charge is 0.392 e. The van der Waals surface area contributed by atoms with Crippen LogP contribution in [0.4, 0.5) is 13.2 Å². The van der Waals surface area contributed by atoms with E-state index in [1.54, 1.807) is 13.8 Å². The molecule has 1 saturated carbocycles. The Morgan fingerprint density at radius 3 is 1.92 bits per heavy atom. The van der Waals surface area contributed by atoms with Gasteiger partial charge in [-0.25, -0.2) is 0 Å². The smallest absolute Gasteiger partial charge is 0.171 e. The van der Waals surface area contributed by atoms with Gasteiger partial charge in [0, 0.05) is 1.37 Å². The van der Waals surface area contributed by atoms with Gasteiger partial charge in [0.2, 0.25) is 0 Å². The molecule has 0 heterocycles. The molecule has 0 amide bonds. The Kier molecular flexibility index (Phi) is 2.52. The van der Waals surface area contributed by atoms with Crippen molar-refractivity contribution in [3.8, 4) is 0 Å². The van der Waals surface area contributed by atoms with Crippen LogP contribution in [0.5, 0.6) is 0 Å². The standard InChI is InChI=1S/C10H17F3/c1-6-4-5-7(2)9(8(6)3)10(11,12)13/h6-9H,4-5H2,1-3H3/t6?,7?,8-,9?/m1/s1/i8D. The Morgan fingerprint density at radius 2 is 1.54 bits per heavy atom. The second kappa shape index (κ2) is 3.50. The van der Waals surface area contributed by atoms with Crippen molar-refractivity contribution in [2.75, 3.05) is 0 Å². The first-order valence-corrected chi connectivity index (χ1v) is 4.74. The molecule has 0 aliphatic heterocycles. The molecular weight excluding hydrogens is 177 g/mol. The summed E-state index contributed by atoms with van der Waals surface area (Å²) < 4.78 is 46.1. The van der Waals surface area contributed by atoms with Crippen molar-refractivity contribution in [2.24, 2.45) is 23.6 Å². The molecule has 1 aliphatic carbocycles. The highest BCUT2D eigenvalue weighted by Crippen LogP contribution is 2.46. The van der Waals surface area contributed by atoms with Gasteiger partial charge in [-0.1, -0.05) is 27.2 Å². The molecule has 78 valence electrons. The average Bonchev–Trinajstić information content (AvgIpc) is 1.94. The van der Waals surface area contributed by atoms with Gasteiger partial charge in [0.05, 0.1) is 5.92 Å². The van der Waals surface area contributed by atoms with E-state index in [9.17, 15) is 13.2 Å². The maximum absolute atomic E-state index is 12.7. The highest BCUT2D eigenvalue weighted by molar-refractivity contribution is 4.85. The summed E-state index contributed by atoms with van der Waals surface area (Å²) >= 11 is 0. The van der Waals surface area contributed by atoms with Crippen LogP contribution in [0.25, 0.3) is 0 Å². The SMILES string of the molecule is [2H][C@@]1(C)C(C)CCC(C)C1C(F)(F)F. The molecule has 0 bridgehead atoms. The molecule has 4 atom stereocenters. The molecule has 0 aromatic carbocycles. The van der Waals surface area contributed by atoms with Gasteiger partial charge < -0.3 is 0 Å². The van der Waals surface area contributed by atoms with Crippen molar-refractivity contribution in [1.82, 2.24) is 0 Å². The maximum Gasteiger partial charge on any atom is 0.392 e. The third kappa shape index (κ3) is 2.18. The van der Waals surface area contributed by atoms with Crippen molar-refractivity contribution in [1.29, 1.82) is 0 Å². The molecule has 0 saturated heterocycles. The fourth-order valence-electron chi connectivity index (χ4n) is 2.24. The van der Waals surface area contributed by atoms with Crippen molar-refractivity contribution in [3.63, 3.8) is 0 Å². The lowest BCUT2D eigenvalue weighted by Gasteiger charge is -2.39. The van der Waals surface area contributed by atoms with Crippen molar-refractivity contribution in [2.45, 2.75) is 39.8 Å². The minimum absolute atomic E-state index is 0.176. The molecule has 3 unspecified atom stereocenters. The van der Waals surface area contributed by atoms with Crippen LogP contribution in [0.15, 0.2) is 0 Å². The van der Waals surface area contributed by atoms with Crippen LogP contribution in [0.2, 0.25) is 0 Å². The highest BCUT2D eigenvalue weighted by atomic mass is 19.4. The molecule has 13 heavy (non-hydrogen) atoms. The topological polar surface area (TPSA) is 0 Å². The zero-order valence-electron chi connectivity index (χ0n) is 9.28. The normalized spacial score (nSPS) is 48.8. The summed E-state index contributed by atoms with van der Waals surface area (Å²) in [4.78, 5) is 0. The zero-order chi connectivity index (χ0) is 11.1. The van der Waals surface area contributed by atoms with E-state index < -0.39 is 23.9 Å². The second-order valence-corrected chi connectivity index (χ2v) is 4.22. The predicted molar refractivity (Wildman–Crippen MR) is 46.3 cm³/mol. The van der Waals surface area contributed by atoms with E-state index in [1.807, 2.05) is 0 Å². The third-order valence-electron chi connectivity index (χ3n) is 3.24. The first kappa shape index (κ1) is 9.35. The van der Waals surface area contributed by atoms with Crippen LogP contribution in [-0.2, 0) is 0 Å². The molecule has 1 aliphatic rings. The molecule has 0 aromatic heterocycles. The van der Waals surface area contributed by atoms with E-state index in [4.69, 9.17) is 1.37 Å². The van der Waals surface area contributed by atoms with Crippen LogP contribution < -0.4 is 0 Å². The van der Waals surface area contributed by atoms with E-state index in [-0.39, 0.29) is 5.92 Å². The molecule has 0 nitrogen and oxygen atoms in total. The summed E-state index contributed by atoms with van der Waals surface area (Å²) in [5, 5.41) is 0. The highest BCUT2D eigenvalue weighted by Gasteiger charge is 2.49. The summed E-state index contributed by atoms with van der Waals surface area (Å²) in [6.45, 7) is 4.78. The molecule has 0 radical (unpaired) electrons. The van der Waals surface area contributed by atoms with E-state index in [0.717, 1.165) is 6.42 Å². The van der Waals surface area contributed by atoms with Crippen molar-refractivity contribution < 1.29 is 14.5 Å². The number of alkyl halides is 3. The van der Waals surface area contributed by atoms with E-state index in [1.165, 1.54) is 6.92 Å². The fourth-order valence-corrected chi connectivity index (χ4v) is 2.24. The Bertz CT molecular complexity index is 210. The van der Waals surface area contributed by atoms with Crippen LogP contribution in [0.3, 0.4) is 0 Å². The lowest BCUT2D eigenvalue weighted by molar-refractivity contribution is -0.213. The van der Waals surface area contributed by atoms with Gasteiger partial charge in [-0.05, 0) is 24.2 Å². The summed E-state index contributed by atoms with van der Waals surface area (Å²) in [5.41, 5.74) is 0. The van der Waals surface area contributed by atoms with Gasteiger partial charge in [-0.15, -0.1) is 0 Å². The fraction of sp³-hybridized carbons (Fsp3) is 1.00. The summed E-state index contributed by atoms with van der Waals surface area (Å²) in [6, 6.07) is 0. The predicted octanol–water partition coefficient (Wildman–Crippen LogP) is 3.87. The number of hydrogen-bond acceptors (Lipinski definition) is 0. The van der Waals surface area contributed by atoms with Gasteiger partial charge in [0.15, 0.2) is 0 Å². The zero-order valence-corrected chi connectivity index (χ0v) is 8.28. The van der Waals surface area contributed by atoms with Gasteiger partial charge >= 0.3 is 6.18 Å². The van der Waals surface area contributed by atoms with Gasteiger partial charge in [-0.3, -0.25) is 0 Å². The Morgan fingerprint density at radius 1 is 1.08 bits per heavy atom. The first-order chi connectivity index (χ1) is 6.17. The van der Waals surface area contributed by atoms with Crippen LogP contribution in [0.1, 0.15) is 35.0 Å². The Balaban J connectivity index is 2.97. The van der Waals surface area contributed by atoms with Gasteiger partial charge in [0.25, 0.3) is 0 Å². The van der Waals surface area contributed by atoms with Crippen molar-refractivity contribution in [3.05, 3.63) is 0 Å². The summed E-state index contributed by atoms with van der Waals surface area (Å²) in [5.74, 6) is -3.44. The quantitative estimate of drug-likeness (QED) is 0.550. The number of rotatable bonds is 0. The molecule has 0 aromatic rings. The van der Waals surface area contributed by atoms with Crippen LogP contribution in [-0.4, -0.2) is 6.18 Å². The average molecular weight is 195 g/mol. The lowest BCUT2D eigenvalue weighted by Crippen LogP contribution is -2.40. The van der Waals surface area contributed by atoms with Gasteiger partial charge in [0.1, 0.15) is 0 Å². The molecular formula is C10H17F3. The van der Waals surface area contributed by atoms with Gasteiger partial charge in [-0.2, -0.15) is 13.2 Å². The maximum atomic E-state index is 12.7. The first-order valence-electron chi connectivity index (χ1n) is 5.24. The van der Waals surface area contributed by atoms with Crippen LogP contribution in [0, 0.1) is 23.6 Å². The molecule has 0 spiro atoms. The van der Waals surface area contributed by atoms with Crippen molar-refractivity contribution >= 4 is 0 Å². The number of halogens is 3.